The second-order valence-electron chi connectivity index (χ2n) is 5.17. The molecule has 2 N–H and O–H groups in total. The Labute approximate surface area is 103 Å². The summed E-state index contributed by atoms with van der Waals surface area (Å²) in [5.41, 5.74) is 0.275. The minimum Gasteiger partial charge on any atom is -0.395 e. The molecule has 0 aromatic heterocycles. The van der Waals surface area contributed by atoms with Gasteiger partial charge in [0, 0.05) is 19.0 Å². The zero-order chi connectivity index (χ0) is 12.3. The van der Waals surface area contributed by atoms with E-state index in [-0.39, 0.29) is 23.8 Å². The molecule has 96 valence electrons. The molecule has 2 fully saturated rings. The molecule has 1 atom stereocenters. The summed E-state index contributed by atoms with van der Waals surface area (Å²) in [5, 5.41) is 12.3. The highest BCUT2D eigenvalue weighted by molar-refractivity contribution is 5.83. The van der Waals surface area contributed by atoms with E-state index in [2.05, 4.69) is 11.9 Å². The van der Waals surface area contributed by atoms with Crippen LogP contribution in [0.15, 0.2) is 12.7 Å². The van der Waals surface area contributed by atoms with Crippen LogP contribution >= 0.6 is 0 Å². The summed E-state index contributed by atoms with van der Waals surface area (Å²) in [5.74, 6) is 0.400. The standard InChI is InChI=1S/C13H22N2O2/c1-2-7-15(8-9-16)12(17)11-10-13(11)3-5-14-6-4-13/h2,11,14,16H,1,3-10H2. The number of nitrogens with zero attached hydrogens (tertiary/aromatic N) is 1. The molecular weight excluding hydrogens is 216 g/mol. The molecule has 2 rings (SSSR count). The summed E-state index contributed by atoms with van der Waals surface area (Å²) in [6.07, 6.45) is 4.99. The Morgan fingerprint density at radius 3 is 2.82 bits per heavy atom. The first-order valence-corrected chi connectivity index (χ1v) is 6.45. The smallest absolute Gasteiger partial charge is 0.226 e. The van der Waals surface area contributed by atoms with E-state index in [1.54, 1.807) is 11.0 Å². The third kappa shape index (κ3) is 2.53. The molecular formula is C13H22N2O2. The van der Waals surface area contributed by atoms with Crippen molar-refractivity contribution < 1.29 is 9.90 Å². The molecule has 17 heavy (non-hydrogen) atoms. The molecule has 1 aliphatic heterocycles. The summed E-state index contributed by atoms with van der Waals surface area (Å²) in [4.78, 5) is 14.0. The molecule has 1 spiro atoms. The topological polar surface area (TPSA) is 52.6 Å². The SMILES string of the molecule is C=CCN(CCO)C(=O)C1CC12CCNCC2. The highest BCUT2D eigenvalue weighted by Crippen LogP contribution is 2.59. The molecule has 0 radical (unpaired) electrons. The third-order valence-electron chi connectivity index (χ3n) is 4.12. The molecule has 1 aliphatic carbocycles. The van der Waals surface area contributed by atoms with Gasteiger partial charge < -0.3 is 15.3 Å². The molecule has 0 aromatic carbocycles. The summed E-state index contributed by atoms with van der Waals surface area (Å²) >= 11 is 0. The van der Waals surface area contributed by atoms with Crippen molar-refractivity contribution in [3.63, 3.8) is 0 Å². The molecule has 2 aliphatic rings. The largest absolute Gasteiger partial charge is 0.395 e. The number of carbonyl (C=O) groups is 1. The number of nitrogens with one attached hydrogen (secondary N) is 1. The number of carbonyl (C=O) groups excluding carboxylic acids is 1. The van der Waals surface area contributed by atoms with E-state index in [0.29, 0.717) is 13.1 Å². The van der Waals surface area contributed by atoms with E-state index in [4.69, 9.17) is 5.11 Å². The van der Waals surface area contributed by atoms with Gasteiger partial charge in [0.1, 0.15) is 0 Å². The van der Waals surface area contributed by atoms with Gasteiger partial charge in [-0.25, -0.2) is 0 Å². The Kier molecular flexibility index (Phi) is 3.84. The molecule has 1 amide bonds. The zero-order valence-electron chi connectivity index (χ0n) is 10.3. The van der Waals surface area contributed by atoms with E-state index in [9.17, 15) is 4.79 Å². The number of aliphatic hydroxyl groups is 1. The van der Waals surface area contributed by atoms with Gasteiger partial charge in [0.15, 0.2) is 0 Å². The highest BCUT2D eigenvalue weighted by Gasteiger charge is 2.58. The van der Waals surface area contributed by atoms with Crippen LogP contribution in [0, 0.1) is 11.3 Å². The van der Waals surface area contributed by atoms with Crippen molar-refractivity contribution in [2.75, 3.05) is 32.8 Å². The van der Waals surface area contributed by atoms with Crippen molar-refractivity contribution in [1.82, 2.24) is 10.2 Å². The molecule has 1 unspecified atom stereocenters. The third-order valence-corrected chi connectivity index (χ3v) is 4.12. The van der Waals surface area contributed by atoms with Gasteiger partial charge >= 0.3 is 0 Å². The fourth-order valence-electron chi connectivity index (χ4n) is 2.96. The monoisotopic (exact) mass is 238 g/mol. The van der Waals surface area contributed by atoms with Crippen molar-refractivity contribution in [2.45, 2.75) is 19.3 Å². The van der Waals surface area contributed by atoms with Crippen LogP contribution in [0.25, 0.3) is 0 Å². The zero-order valence-corrected chi connectivity index (χ0v) is 10.3. The lowest BCUT2D eigenvalue weighted by atomic mass is 9.91. The normalized spacial score (nSPS) is 25.6. The van der Waals surface area contributed by atoms with Gasteiger partial charge in [0.25, 0.3) is 0 Å². The number of rotatable bonds is 5. The molecule has 1 heterocycles. The Morgan fingerprint density at radius 2 is 2.24 bits per heavy atom. The first-order chi connectivity index (χ1) is 8.23. The number of piperidine rings is 1. The van der Waals surface area contributed by atoms with Crippen LogP contribution in [-0.2, 0) is 4.79 Å². The summed E-state index contributed by atoms with van der Waals surface area (Å²) in [6.45, 7) is 6.73. The maximum atomic E-state index is 12.3. The van der Waals surface area contributed by atoms with Crippen LogP contribution in [0.1, 0.15) is 19.3 Å². The first-order valence-electron chi connectivity index (χ1n) is 6.45. The Hall–Kier alpha value is -0.870. The van der Waals surface area contributed by atoms with Gasteiger partial charge in [0.05, 0.1) is 6.61 Å². The summed E-state index contributed by atoms with van der Waals surface area (Å²) < 4.78 is 0. The van der Waals surface area contributed by atoms with Crippen molar-refractivity contribution in [1.29, 1.82) is 0 Å². The number of aliphatic hydroxyl groups excluding tert-OH is 1. The Bertz CT molecular complexity index is 298. The Morgan fingerprint density at radius 1 is 1.53 bits per heavy atom. The lowest BCUT2D eigenvalue weighted by Crippen LogP contribution is -2.38. The molecule has 0 bridgehead atoms. The molecule has 4 heteroatoms. The van der Waals surface area contributed by atoms with E-state index in [1.807, 2.05) is 0 Å². The molecule has 1 saturated carbocycles. The average Bonchev–Trinajstić information content (AvgIpc) is 3.03. The fourth-order valence-corrected chi connectivity index (χ4v) is 2.96. The van der Waals surface area contributed by atoms with Crippen molar-refractivity contribution >= 4 is 5.91 Å². The number of amides is 1. The van der Waals surface area contributed by atoms with Gasteiger partial charge in [-0.3, -0.25) is 4.79 Å². The minimum atomic E-state index is 0.0286. The van der Waals surface area contributed by atoms with Gasteiger partial charge in [-0.05, 0) is 37.8 Å². The number of hydrogen-bond donors (Lipinski definition) is 2. The Balaban J connectivity index is 1.93. The van der Waals surface area contributed by atoms with Crippen molar-refractivity contribution in [2.24, 2.45) is 11.3 Å². The lowest BCUT2D eigenvalue weighted by Gasteiger charge is -2.26. The van der Waals surface area contributed by atoms with Gasteiger partial charge in [-0.15, -0.1) is 6.58 Å². The van der Waals surface area contributed by atoms with Crippen molar-refractivity contribution in [3.05, 3.63) is 12.7 Å². The first kappa shape index (κ1) is 12.6. The maximum Gasteiger partial charge on any atom is 0.226 e. The van der Waals surface area contributed by atoms with Gasteiger partial charge in [-0.2, -0.15) is 0 Å². The van der Waals surface area contributed by atoms with E-state index in [0.717, 1.165) is 32.4 Å². The van der Waals surface area contributed by atoms with Crippen LogP contribution in [0.3, 0.4) is 0 Å². The second-order valence-corrected chi connectivity index (χ2v) is 5.17. The predicted octanol–water partition coefficient (Wildman–Crippen LogP) is 0.383. The van der Waals surface area contributed by atoms with Crippen LogP contribution in [-0.4, -0.2) is 48.7 Å². The number of hydrogen-bond acceptors (Lipinski definition) is 3. The average molecular weight is 238 g/mol. The summed E-state index contributed by atoms with van der Waals surface area (Å²) in [6, 6.07) is 0. The predicted molar refractivity (Wildman–Crippen MR) is 66.5 cm³/mol. The second kappa shape index (κ2) is 5.19. The lowest BCUT2D eigenvalue weighted by molar-refractivity contribution is -0.133. The van der Waals surface area contributed by atoms with Gasteiger partial charge in [0.2, 0.25) is 5.91 Å². The van der Waals surface area contributed by atoms with E-state index >= 15 is 0 Å². The van der Waals surface area contributed by atoms with Gasteiger partial charge in [-0.1, -0.05) is 6.08 Å². The van der Waals surface area contributed by atoms with E-state index in [1.165, 1.54) is 0 Å². The van der Waals surface area contributed by atoms with Crippen LogP contribution in [0.2, 0.25) is 0 Å². The quantitative estimate of drug-likeness (QED) is 0.681. The molecule has 1 saturated heterocycles. The molecule has 0 aromatic rings. The maximum absolute atomic E-state index is 12.3. The fraction of sp³-hybridized carbons (Fsp3) is 0.769. The van der Waals surface area contributed by atoms with Crippen molar-refractivity contribution in [3.8, 4) is 0 Å². The highest BCUT2D eigenvalue weighted by atomic mass is 16.3. The van der Waals surface area contributed by atoms with E-state index < -0.39 is 0 Å². The van der Waals surface area contributed by atoms with Crippen LogP contribution in [0.4, 0.5) is 0 Å². The molecule has 4 nitrogen and oxygen atoms in total. The minimum absolute atomic E-state index is 0.0286. The van der Waals surface area contributed by atoms with Crippen LogP contribution < -0.4 is 5.32 Å². The summed E-state index contributed by atoms with van der Waals surface area (Å²) in [7, 11) is 0. The van der Waals surface area contributed by atoms with Crippen LogP contribution in [0.5, 0.6) is 0 Å².